The van der Waals surface area contributed by atoms with E-state index in [-0.39, 0.29) is 16.9 Å². The summed E-state index contributed by atoms with van der Waals surface area (Å²) in [6.07, 6.45) is 7.15. The zero-order valence-corrected chi connectivity index (χ0v) is 9.85. The third kappa shape index (κ3) is 3.17. The zero-order chi connectivity index (χ0) is 12.3. The first kappa shape index (κ1) is 11.9. The highest BCUT2D eigenvalue weighted by Crippen LogP contribution is 2.23. The van der Waals surface area contributed by atoms with Crippen molar-refractivity contribution in [3.8, 4) is 0 Å². The summed E-state index contributed by atoms with van der Waals surface area (Å²) in [4.78, 5) is 14.2. The molecule has 1 unspecified atom stereocenters. The molecule has 0 radical (unpaired) electrons. The average molecular weight is 254 g/mol. The molecule has 2 rings (SSSR count). The van der Waals surface area contributed by atoms with Crippen LogP contribution >= 0.6 is 11.6 Å². The fourth-order valence-corrected chi connectivity index (χ4v) is 2.00. The number of hydrogen-bond acceptors (Lipinski definition) is 4. The molecule has 5 nitrogen and oxygen atoms in total. The third-order valence-corrected chi connectivity index (χ3v) is 2.80. The summed E-state index contributed by atoms with van der Waals surface area (Å²) in [5.41, 5.74) is -0.0427. The number of anilines is 1. The Morgan fingerprint density at radius 1 is 1.47 bits per heavy atom. The van der Waals surface area contributed by atoms with Crippen LogP contribution in [0.3, 0.4) is 0 Å². The van der Waals surface area contributed by atoms with Gasteiger partial charge in [-0.05, 0) is 19.3 Å². The van der Waals surface area contributed by atoms with Gasteiger partial charge in [0, 0.05) is 6.04 Å². The lowest BCUT2D eigenvalue weighted by Gasteiger charge is -2.19. The standard InChI is InChI=1S/C11H12ClN3O2/c12-10-6-9(15(16)17)7-11(14-10)13-8-4-2-1-3-5-8/h1-2,6-8H,3-5H2,(H,13,14). The van der Waals surface area contributed by atoms with Crippen LogP contribution in [0.2, 0.25) is 5.15 Å². The predicted octanol–water partition coefficient (Wildman–Crippen LogP) is 3.16. The van der Waals surface area contributed by atoms with Crippen molar-refractivity contribution in [2.45, 2.75) is 25.3 Å². The van der Waals surface area contributed by atoms with Crippen LogP contribution < -0.4 is 5.32 Å². The second kappa shape index (κ2) is 5.14. The molecule has 1 N–H and O–H groups in total. The van der Waals surface area contributed by atoms with Gasteiger partial charge in [-0.25, -0.2) is 4.98 Å². The van der Waals surface area contributed by atoms with Gasteiger partial charge in [0.05, 0.1) is 17.1 Å². The first-order valence-electron chi connectivity index (χ1n) is 5.38. The van der Waals surface area contributed by atoms with Crippen LogP contribution in [0.1, 0.15) is 19.3 Å². The van der Waals surface area contributed by atoms with Gasteiger partial charge in [-0.1, -0.05) is 23.8 Å². The van der Waals surface area contributed by atoms with E-state index in [9.17, 15) is 10.1 Å². The summed E-state index contributed by atoms with van der Waals surface area (Å²) in [5.74, 6) is 0.463. The highest BCUT2D eigenvalue weighted by atomic mass is 35.5. The van der Waals surface area contributed by atoms with Gasteiger partial charge in [0.25, 0.3) is 5.69 Å². The lowest BCUT2D eigenvalue weighted by molar-refractivity contribution is -0.384. The third-order valence-electron chi connectivity index (χ3n) is 2.61. The minimum atomic E-state index is -0.473. The normalized spacial score (nSPS) is 19.0. The van der Waals surface area contributed by atoms with Gasteiger partial charge in [-0.2, -0.15) is 0 Å². The first-order chi connectivity index (χ1) is 8.15. The Bertz CT molecular complexity index is 462. The SMILES string of the molecule is O=[N+]([O-])c1cc(Cl)nc(NC2CC=CCC2)c1. The Hall–Kier alpha value is -1.62. The molecule has 0 amide bonds. The van der Waals surface area contributed by atoms with E-state index in [1.165, 1.54) is 12.1 Å². The summed E-state index contributed by atoms with van der Waals surface area (Å²) in [5, 5.41) is 14.0. The molecule has 90 valence electrons. The van der Waals surface area contributed by atoms with E-state index in [4.69, 9.17) is 11.6 Å². The number of nitro groups is 1. The molecule has 1 aliphatic rings. The maximum atomic E-state index is 10.7. The van der Waals surface area contributed by atoms with E-state index in [1.54, 1.807) is 0 Å². The summed E-state index contributed by atoms with van der Waals surface area (Å²) in [7, 11) is 0. The van der Waals surface area contributed by atoms with Crippen LogP contribution in [-0.2, 0) is 0 Å². The highest BCUT2D eigenvalue weighted by Gasteiger charge is 2.14. The first-order valence-corrected chi connectivity index (χ1v) is 5.76. The van der Waals surface area contributed by atoms with Gasteiger partial charge >= 0.3 is 0 Å². The molecule has 17 heavy (non-hydrogen) atoms. The Kier molecular flexibility index (Phi) is 3.58. The molecule has 1 heterocycles. The Labute approximate surface area is 104 Å². The fraction of sp³-hybridized carbons (Fsp3) is 0.364. The Morgan fingerprint density at radius 3 is 2.94 bits per heavy atom. The summed E-state index contributed by atoms with van der Waals surface area (Å²) >= 11 is 5.74. The summed E-state index contributed by atoms with van der Waals surface area (Å²) < 4.78 is 0. The minimum absolute atomic E-state index is 0.0427. The van der Waals surface area contributed by atoms with E-state index >= 15 is 0 Å². The van der Waals surface area contributed by atoms with Crippen LogP contribution in [0, 0.1) is 10.1 Å². The molecule has 6 heteroatoms. The van der Waals surface area contributed by atoms with E-state index in [0.29, 0.717) is 5.82 Å². The van der Waals surface area contributed by atoms with Crippen LogP contribution in [0.5, 0.6) is 0 Å². The molecule has 0 fully saturated rings. The van der Waals surface area contributed by atoms with Gasteiger partial charge in [0.1, 0.15) is 11.0 Å². The van der Waals surface area contributed by atoms with Gasteiger partial charge in [0.2, 0.25) is 0 Å². The molecule has 0 saturated carbocycles. The number of rotatable bonds is 3. The number of nitrogens with zero attached hydrogens (tertiary/aromatic N) is 2. The number of hydrogen-bond donors (Lipinski definition) is 1. The van der Waals surface area contributed by atoms with Crippen molar-refractivity contribution in [3.05, 3.63) is 39.6 Å². The lowest BCUT2D eigenvalue weighted by atomic mass is 10.0. The molecule has 1 aliphatic carbocycles. The molecule has 1 atom stereocenters. The quantitative estimate of drug-likeness (QED) is 0.389. The van der Waals surface area contributed by atoms with Crippen molar-refractivity contribution in [3.63, 3.8) is 0 Å². The van der Waals surface area contributed by atoms with Gasteiger partial charge in [0.15, 0.2) is 0 Å². The molecule has 0 spiro atoms. The van der Waals surface area contributed by atoms with Gasteiger partial charge < -0.3 is 5.32 Å². The van der Waals surface area contributed by atoms with Crippen LogP contribution in [0.15, 0.2) is 24.3 Å². The van der Waals surface area contributed by atoms with E-state index in [0.717, 1.165) is 19.3 Å². The predicted molar refractivity (Wildman–Crippen MR) is 66.3 cm³/mol. The number of pyridine rings is 1. The number of allylic oxidation sites excluding steroid dienone is 1. The monoisotopic (exact) mass is 253 g/mol. The molecule has 1 aromatic rings. The van der Waals surface area contributed by atoms with Crippen LogP contribution in [0.4, 0.5) is 11.5 Å². The topological polar surface area (TPSA) is 68.1 Å². The number of halogens is 1. The summed E-state index contributed by atoms with van der Waals surface area (Å²) in [6, 6.07) is 2.92. The van der Waals surface area contributed by atoms with Gasteiger partial charge in [-0.3, -0.25) is 10.1 Å². The summed E-state index contributed by atoms with van der Waals surface area (Å²) in [6.45, 7) is 0. The lowest BCUT2D eigenvalue weighted by Crippen LogP contribution is -2.20. The smallest absolute Gasteiger partial charge is 0.276 e. The Balaban J connectivity index is 2.14. The van der Waals surface area contributed by atoms with Crippen molar-refractivity contribution < 1.29 is 4.92 Å². The molecule has 1 aromatic heterocycles. The van der Waals surface area contributed by atoms with Crippen molar-refractivity contribution in [2.75, 3.05) is 5.32 Å². The van der Waals surface area contributed by atoms with Crippen molar-refractivity contribution in [2.24, 2.45) is 0 Å². The second-order valence-corrected chi connectivity index (χ2v) is 4.30. The molecule has 0 aromatic carbocycles. The van der Waals surface area contributed by atoms with E-state index in [1.807, 2.05) is 0 Å². The second-order valence-electron chi connectivity index (χ2n) is 3.92. The van der Waals surface area contributed by atoms with Crippen molar-refractivity contribution in [1.82, 2.24) is 4.98 Å². The van der Waals surface area contributed by atoms with Gasteiger partial charge in [-0.15, -0.1) is 0 Å². The van der Waals surface area contributed by atoms with Crippen molar-refractivity contribution >= 4 is 23.1 Å². The maximum Gasteiger partial charge on any atom is 0.276 e. The number of nitrogens with one attached hydrogen (secondary N) is 1. The zero-order valence-electron chi connectivity index (χ0n) is 9.10. The van der Waals surface area contributed by atoms with E-state index < -0.39 is 4.92 Å². The molecular formula is C11H12ClN3O2. The molecule has 0 saturated heterocycles. The number of aromatic nitrogens is 1. The van der Waals surface area contributed by atoms with E-state index in [2.05, 4.69) is 22.5 Å². The Morgan fingerprint density at radius 2 is 2.29 bits per heavy atom. The van der Waals surface area contributed by atoms with Crippen LogP contribution in [0.25, 0.3) is 0 Å². The van der Waals surface area contributed by atoms with Crippen LogP contribution in [-0.4, -0.2) is 15.9 Å². The minimum Gasteiger partial charge on any atom is -0.367 e. The molecule has 0 aliphatic heterocycles. The largest absolute Gasteiger partial charge is 0.367 e. The average Bonchev–Trinajstić information content (AvgIpc) is 2.29. The molecular weight excluding hydrogens is 242 g/mol. The molecule has 0 bridgehead atoms. The maximum absolute atomic E-state index is 10.7. The fourth-order valence-electron chi connectivity index (χ4n) is 1.80. The highest BCUT2D eigenvalue weighted by molar-refractivity contribution is 6.29. The van der Waals surface area contributed by atoms with Crippen molar-refractivity contribution in [1.29, 1.82) is 0 Å².